The molecule has 0 radical (unpaired) electrons. The van der Waals surface area contributed by atoms with Gasteiger partial charge < -0.3 is 43.6 Å². The molecule has 14 heteroatoms. The largest absolute Gasteiger partial charge is 0.480 e. The number of primary amides is 1. The zero-order valence-electron chi connectivity index (χ0n) is 20.9. The number of likely N-dealkylation sites (tertiary alicyclic amines) is 1. The van der Waals surface area contributed by atoms with E-state index in [4.69, 9.17) is 22.9 Å². The first-order valence-electron chi connectivity index (χ1n) is 12.1. The van der Waals surface area contributed by atoms with Gasteiger partial charge in [-0.2, -0.15) is 0 Å². The molecule has 4 unspecified atom stereocenters. The van der Waals surface area contributed by atoms with E-state index in [2.05, 4.69) is 15.6 Å². The van der Waals surface area contributed by atoms with Gasteiger partial charge in [-0.3, -0.25) is 24.2 Å². The van der Waals surface area contributed by atoms with Gasteiger partial charge in [-0.1, -0.05) is 13.8 Å². The van der Waals surface area contributed by atoms with Crippen LogP contribution < -0.4 is 33.6 Å². The lowest BCUT2D eigenvalue weighted by Gasteiger charge is -2.29. The molecule has 4 atom stereocenters. The normalized spacial score (nSPS) is 17.7. The van der Waals surface area contributed by atoms with Crippen molar-refractivity contribution < 1.29 is 29.1 Å². The number of amides is 4. The SMILES string of the molecule is CC(C)CC(NC(=O)C(CCCN=C(N)N)NC(=O)C(N)CCC(N)=O)C(=O)N1CCCC1C(=O)O. The van der Waals surface area contributed by atoms with Crippen LogP contribution in [0.15, 0.2) is 4.99 Å². The second-order valence-corrected chi connectivity index (χ2v) is 9.34. The Kier molecular flexibility index (Phi) is 12.6. The van der Waals surface area contributed by atoms with Crippen molar-refractivity contribution in [1.82, 2.24) is 15.5 Å². The van der Waals surface area contributed by atoms with Gasteiger partial charge in [-0.25, -0.2) is 4.79 Å². The monoisotopic (exact) mass is 512 g/mol. The Hall–Kier alpha value is -3.42. The van der Waals surface area contributed by atoms with E-state index < -0.39 is 53.8 Å². The standard InChI is InChI=1S/C22H40N8O6/c1-12(2)11-15(20(34)30-10-4-6-16(30)21(35)36)29-19(33)14(5-3-9-27-22(25)26)28-18(32)13(23)7-8-17(24)31/h12-16H,3-11,23H2,1-2H3,(H2,24,31)(H,28,32)(H,29,33)(H,35,36)(H4,25,26,27). The van der Waals surface area contributed by atoms with Crippen molar-refractivity contribution in [2.24, 2.45) is 33.8 Å². The fourth-order valence-electron chi connectivity index (χ4n) is 3.93. The van der Waals surface area contributed by atoms with Gasteiger partial charge in [-0.15, -0.1) is 0 Å². The molecule has 11 N–H and O–H groups in total. The third-order valence-corrected chi connectivity index (χ3v) is 5.76. The van der Waals surface area contributed by atoms with Gasteiger partial charge in [0.25, 0.3) is 0 Å². The van der Waals surface area contributed by atoms with E-state index >= 15 is 0 Å². The van der Waals surface area contributed by atoms with Crippen LogP contribution in [0.5, 0.6) is 0 Å². The second-order valence-electron chi connectivity index (χ2n) is 9.34. The topological polar surface area (TPSA) is 249 Å². The third kappa shape index (κ3) is 10.5. The first-order chi connectivity index (χ1) is 16.8. The molecular formula is C22H40N8O6. The number of aliphatic carboxylic acids is 1. The van der Waals surface area contributed by atoms with E-state index in [0.717, 1.165) is 0 Å². The minimum absolute atomic E-state index is 0.00348. The second kappa shape index (κ2) is 14.9. The van der Waals surface area contributed by atoms with Crippen molar-refractivity contribution >= 4 is 35.6 Å². The van der Waals surface area contributed by atoms with Gasteiger partial charge in [0, 0.05) is 19.5 Å². The summed E-state index contributed by atoms with van der Waals surface area (Å²) in [5, 5.41) is 14.7. The summed E-state index contributed by atoms with van der Waals surface area (Å²) in [5.41, 5.74) is 21.6. The number of guanidine groups is 1. The van der Waals surface area contributed by atoms with Crippen LogP contribution in [-0.2, 0) is 24.0 Å². The van der Waals surface area contributed by atoms with Crippen LogP contribution in [0.25, 0.3) is 0 Å². The molecule has 1 aliphatic heterocycles. The molecule has 1 saturated heterocycles. The van der Waals surface area contributed by atoms with E-state index in [0.29, 0.717) is 19.3 Å². The number of rotatable bonds is 15. The number of carbonyl (C=O) groups is 5. The number of nitrogens with one attached hydrogen (secondary N) is 2. The summed E-state index contributed by atoms with van der Waals surface area (Å²) in [6.45, 7) is 4.24. The van der Waals surface area contributed by atoms with Gasteiger partial charge in [0.05, 0.1) is 6.04 Å². The lowest BCUT2D eigenvalue weighted by atomic mass is 10.0. The number of nitrogens with zero attached hydrogens (tertiary/aromatic N) is 2. The molecule has 14 nitrogen and oxygen atoms in total. The molecule has 1 heterocycles. The summed E-state index contributed by atoms with van der Waals surface area (Å²) >= 11 is 0. The fourth-order valence-corrected chi connectivity index (χ4v) is 3.93. The summed E-state index contributed by atoms with van der Waals surface area (Å²) in [6.07, 6.45) is 1.56. The Bertz CT molecular complexity index is 829. The Morgan fingerprint density at radius 2 is 1.67 bits per heavy atom. The van der Waals surface area contributed by atoms with E-state index in [1.54, 1.807) is 0 Å². The minimum atomic E-state index is -1.09. The van der Waals surface area contributed by atoms with Gasteiger partial charge in [-0.05, 0) is 44.4 Å². The van der Waals surface area contributed by atoms with Crippen LogP contribution in [0.1, 0.15) is 58.8 Å². The summed E-state index contributed by atoms with van der Waals surface area (Å²) in [7, 11) is 0. The van der Waals surface area contributed by atoms with Crippen molar-refractivity contribution in [1.29, 1.82) is 0 Å². The molecular weight excluding hydrogens is 472 g/mol. The predicted octanol–water partition coefficient (Wildman–Crippen LogP) is -2.28. The Morgan fingerprint density at radius 1 is 1.03 bits per heavy atom. The van der Waals surface area contributed by atoms with Crippen LogP contribution in [0.4, 0.5) is 0 Å². The molecule has 1 fully saturated rings. The molecule has 1 aliphatic rings. The highest BCUT2D eigenvalue weighted by Crippen LogP contribution is 2.20. The van der Waals surface area contributed by atoms with Crippen LogP contribution >= 0.6 is 0 Å². The highest BCUT2D eigenvalue weighted by Gasteiger charge is 2.38. The van der Waals surface area contributed by atoms with Gasteiger partial charge in [0.15, 0.2) is 5.96 Å². The summed E-state index contributed by atoms with van der Waals surface area (Å²) in [5.74, 6) is -3.56. The zero-order chi connectivity index (χ0) is 27.4. The highest BCUT2D eigenvalue weighted by molar-refractivity contribution is 5.94. The van der Waals surface area contributed by atoms with Crippen LogP contribution in [0.2, 0.25) is 0 Å². The van der Waals surface area contributed by atoms with Gasteiger partial charge in [0.2, 0.25) is 23.6 Å². The van der Waals surface area contributed by atoms with Crippen molar-refractivity contribution in [3.8, 4) is 0 Å². The number of hydrogen-bond donors (Lipinski definition) is 7. The molecule has 0 spiro atoms. The maximum Gasteiger partial charge on any atom is 0.326 e. The Labute approximate surface area is 210 Å². The third-order valence-electron chi connectivity index (χ3n) is 5.76. The van der Waals surface area contributed by atoms with E-state index in [-0.39, 0.29) is 50.7 Å². The molecule has 0 aromatic heterocycles. The molecule has 0 aliphatic carbocycles. The molecule has 204 valence electrons. The minimum Gasteiger partial charge on any atom is -0.480 e. The van der Waals surface area contributed by atoms with Crippen LogP contribution in [0, 0.1) is 5.92 Å². The number of carboxylic acid groups (broad SMARTS) is 1. The van der Waals surface area contributed by atoms with Crippen molar-refractivity contribution in [2.75, 3.05) is 13.1 Å². The summed E-state index contributed by atoms with van der Waals surface area (Å²) in [4.78, 5) is 66.7. The summed E-state index contributed by atoms with van der Waals surface area (Å²) in [6, 6.07) is -4.05. The first-order valence-corrected chi connectivity index (χ1v) is 12.1. The smallest absolute Gasteiger partial charge is 0.326 e. The Morgan fingerprint density at radius 3 is 2.22 bits per heavy atom. The average molecular weight is 513 g/mol. The quantitative estimate of drug-likeness (QED) is 0.0708. The molecule has 0 aromatic carbocycles. The fraction of sp³-hybridized carbons (Fsp3) is 0.727. The number of aliphatic imine (C=N–C) groups is 1. The average Bonchev–Trinajstić information content (AvgIpc) is 3.28. The molecule has 4 amide bonds. The first kappa shape index (κ1) is 30.6. The van der Waals surface area contributed by atoms with Gasteiger partial charge >= 0.3 is 5.97 Å². The number of carboxylic acids is 1. The number of carbonyl (C=O) groups excluding carboxylic acids is 4. The molecule has 0 saturated carbocycles. The zero-order valence-corrected chi connectivity index (χ0v) is 20.9. The lowest BCUT2D eigenvalue weighted by Crippen LogP contribution is -2.57. The molecule has 1 rings (SSSR count). The van der Waals surface area contributed by atoms with E-state index in [1.807, 2.05) is 13.8 Å². The molecule has 0 bridgehead atoms. The van der Waals surface area contributed by atoms with E-state index in [1.165, 1.54) is 4.90 Å². The predicted molar refractivity (Wildman–Crippen MR) is 132 cm³/mol. The molecule has 36 heavy (non-hydrogen) atoms. The molecule has 0 aromatic rings. The van der Waals surface area contributed by atoms with Crippen molar-refractivity contribution in [2.45, 2.75) is 83.0 Å². The number of nitrogens with two attached hydrogens (primary N) is 4. The Balaban J connectivity index is 3.01. The van der Waals surface area contributed by atoms with Gasteiger partial charge in [0.1, 0.15) is 18.1 Å². The summed E-state index contributed by atoms with van der Waals surface area (Å²) < 4.78 is 0. The van der Waals surface area contributed by atoms with E-state index in [9.17, 15) is 29.1 Å². The highest BCUT2D eigenvalue weighted by atomic mass is 16.4. The lowest BCUT2D eigenvalue weighted by molar-refractivity contribution is -0.149. The maximum atomic E-state index is 13.2. The van der Waals surface area contributed by atoms with Crippen molar-refractivity contribution in [3.63, 3.8) is 0 Å². The van der Waals surface area contributed by atoms with Crippen LogP contribution in [0.3, 0.4) is 0 Å². The maximum absolute atomic E-state index is 13.2. The van der Waals surface area contributed by atoms with Crippen molar-refractivity contribution in [3.05, 3.63) is 0 Å². The number of hydrogen-bond acceptors (Lipinski definition) is 7. The van der Waals surface area contributed by atoms with Crippen LogP contribution in [-0.4, -0.2) is 82.8 Å².